The molecule has 3 rings (SSSR count). The summed E-state index contributed by atoms with van der Waals surface area (Å²) < 4.78 is 0. The molecule has 94 valence electrons. The Bertz CT molecular complexity index is 351. The predicted octanol–water partition coefficient (Wildman–Crippen LogP) is 0.912. The SMILES string of the molecule is CC1CCCC1N1CC(=O)NC(C2CC2)C1=O. The van der Waals surface area contributed by atoms with Gasteiger partial charge in [0.2, 0.25) is 11.8 Å². The minimum atomic E-state index is -0.218. The highest BCUT2D eigenvalue weighted by molar-refractivity contribution is 5.95. The molecular formula is C13H20N2O2. The predicted molar refractivity (Wildman–Crippen MR) is 63.2 cm³/mol. The molecule has 3 fully saturated rings. The van der Waals surface area contributed by atoms with Crippen molar-refractivity contribution >= 4 is 11.8 Å². The van der Waals surface area contributed by atoms with Crippen LogP contribution in [-0.2, 0) is 9.59 Å². The number of hydrogen-bond acceptors (Lipinski definition) is 2. The van der Waals surface area contributed by atoms with Gasteiger partial charge in [-0.2, -0.15) is 0 Å². The van der Waals surface area contributed by atoms with Gasteiger partial charge in [0.05, 0.1) is 6.54 Å². The lowest BCUT2D eigenvalue weighted by molar-refractivity contribution is -0.147. The number of carbonyl (C=O) groups is 2. The van der Waals surface area contributed by atoms with Crippen LogP contribution in [0, 0.1) is 11.8 Å². The van der Waals surface area contributed by atoms with Crippen molar-refractivity contribution in [2.45, 2.75) is 51.1 Å². The van der Waals surface area contributed by atoms with Crippen molar-refractivity contribution in [2.24, 2.45) is 11.8 Å². The second kappa shape index (κ2) is 4.00. The lowest BCUT2D eigenvalue weighted by Crippen LogP contribution is -2.61. The van der Waals surface area contributed by atoms with E-state index in [9.17, 15) is 9.59 Å². The maximum atomic E-state index is 12.4. The van der Waals surface area contributed by atoms with Crippen LogP contribution in [0.4, 0.5) is 0 Å². The van der Waals surface area contributed by atoms with E-state index in [0.29, 0.717) is 17.9 Å². The first-order valence-corrected chi connectivity index (χ1v) is 6.76. The highest BCUT2D eigenvalue weighted by Crippen LogP contribution is 2.36. The van der Waals surface area contributed by atoms with Gasteiger partial charge in [0.1, 0.15) is 6.04 Å². The van der Waals surface area contributed by atoms with E-state index in [1.165, 1.54) is 12.8 Å². The van der Waals surface area contributed by atoms with E-state index >= 15 is 0 Å². The lowest BCUT2D eigenvalue weighted by atomic mass is 10.0. The van der Waals surface area contributed by atoms with E-state index in [1.54, 1.807) is 0 Å². The van der Waals surface area contributed by atoms with Gasteiger partial charge in [-0.05, 0) is 37.5 Å². The highest BCUT2D eigenvalue weighted by atomic mass is 16.2. The van der Waals surface area contributed by atoms with E-state index in [1.807, 2.05) is 4.90 Å². The van der Waals surface area contributed by atoms with Crippen LogP contribution in [0.3, 0.4) is 0 Å². The van der Waals surface area contributed by atoms with Crippen LogP contribution in [0.1, 0.15) is 39.0 Å². The number of piperazine rings is 1. The van der Waals surface area contributed by atoms with E-state index in [0.717, 1.165) is 19.3 Å². The fourth-order valence-electron chi connectivity index (χ4n) is 3.31. The summed E-state index contributed by atoms with van der Waals surface area (Å²) in [7, 11) is 0. The standard InChI is InChI=1S/C13H20N2O2/c1-8-3-2-4-10(8)15-7-11(16)14-12(13(15)17)9-5-6-9/h8-10,12H,2-7H2,1H3,(H,14,16). The van der Waals surface area contributed by atoms with Crippen molar-refractivity contribution < 1.29 is 9.59 Å². The second-order valence-electron chi connectivity index (χ2n) is 5.82. The summed E-state index contributed by atoms with van der Waals surface area (Å²) in [6.45, 7) is 2.47. The zero-order chi connectivity index (χ0) is 12.0. The summed E-state index contributed by atoms with van der Waals surface area (Å²) in [4.78, 5) is 26.0. The molecule has 3 unspecified atom stereocenters. The minimum absolute atomic E-state index is 0.0283. The normalized spacial score (nSPS) is 38.4. The van der Waals surface area contributed by atoms with Gasteiger partial charge in [-0.25, -0.2) is 0 Å². The number of hydrogen-bond donors (Lipinski definition) is 1. The molecule has 1 N–H and O–H groups in total. The lowest BCUT2D eigenvalue weighted by Gasteiger charge is -2.38. The van der Waals surface area contributed by atoms with Crippen LogP contribution in [0.5, 0.6) is 0 Å². The Kier molecular flexibility index (Phi) is 2.60. The smallest absolute Gasteiger partial charge is 0.246 e. The molecule has 4 heteroatoms. The zero-order valence-corrected chi connectivity index (χ0v) is 10.3. The molecule has 2 saturated carbocycles. The van der Waals surface area contributed by atoms with Gasteiger partial charge in [0.15, 0.2) is 0 Å². The number of nitrogens with zero attached hydrogens (tertiary/aromatic N) is 1. The van der Waals surface area contributed by atoms with Crippen molar-refractivity contribution in [3.63, 3.8) is 0 Å². The number of nitrogens with one attached hydrogen (secondary N) is 1. The summed E-state index contributed by atoms with van der Waals surface area (Å²) >= 11 is 0. The van der Waals surface area contributed by atoms with Gasteiger partial charge in [0.25, 0.3) is 0 Å². The fourth-order valence-corrected chi connectivity index (χ4v) is 3.31. The molecule has 0 aromatic heterocycles. The van der Waals surface area contributed by atoms with Gasteiger partial charge < -0.3 is 10.2 Å². The van der Waals surface area contributed by atoms with E-state index < -0.39 is 0 Å². The molecule has 17 heavy (non-hydrogen) atoms. The largest absolute Gasteiger partial charge is 0.342 e. The molecule has 0 spiro atoms. The monoisotopic (exact) mass is 236 g/mol. The topological polar surface area (TPSA) is 49.4 Å². The average molecular weight is 236 g/mol. The van der Waals surface area contributed by atoms with Gasteiger partial charge >= 0.3 is 0 Å². The van der Waals surface area contributed by atoms with Crippen molar-refractivity contribution in [1.82, 2.24) is 10.2 Å². The van der Waals surface area contributed by atoms with Crippen molar-refractivity contribution in [3.8, 4) is 0 Å². The summed E-state index contributed by atoms with van der Waals surface area (Å²) in [6, 6.07) is 0.0823. The first kappa shape index (κ1) is 11.1. The number of carbonyl (C=O) groups excluding carboxylic acids is 2. The van der Waals surface area contributed by atoms with Crippen LogP contribution >= 0.6 is 0 Å². The Hall–Kier alpha value is -1.06. The third-order valence-corrected chi connectivity index (χ3v) is 4.49. The first-order valence-electron chi connectivity index (χ1n) is 6.76. The Morgan fingerprint density at radius 2 is 1.94 bits per heavy atom. The molecule has 0 aromatic carbocycles. The van der Waals surface area contributed by atoms with E-state index in [4.69, 9.17) is 0 Å². The van der Waals surface area contributed by atoms with Crippen molar-refractivity contribution in [2.75, 3.05) is 6.54 Å². The molecule has 3 atom stereocenters. The highest BCUT2D eigenvalue weighted by Gasteiger charge is 2.45. The molecule has 0 radical (unpaired) electrons. The molecule has 1 heterocycles. The molecule has 2 amide bonds. The molecule has 1 saturated heterocycles. The summed E-state index contributed by atoms with van der Waals surface area (Å²) in [5, 5.41) is 2.87. The van der Waals surface area contributed by atoms with Crippen molar-refractivity contribution in [1.29, 1.82) is 0 Å². The van der Waals surface area contributed by atoms with Crippen molar-refractivity contribution in [3.05, 3.63) is 0 Å². The Morgan fingerprint density at radius 3 is 2.53 bits per heavy atom. The third kappa shape index (κ3) is 1.94. The number of rotatable bonds is 2. The zero-order valence-electron chi connectivity index (χ0n) is 10.3. The van der Waals surface area contributed by atoms with E-state index in [-0.39, 0.29) is 24.4 Å². The van der Waals surface area contributed by atoms with E-state index in [2.05, 4.69) is 12.2 Å². The van der Waals surface area contributed by atoms with Gasteiger partial charge in [-0.15, -0.1) is 0 Å². The molecule has 3 aliphatic rings. The molecule has 0 aromatic rings. The second-order valence-corrected chi connectivity index (χ2v) is 5.82. The fraction of sp³-hybridized carbons (Fsp3) is 0.846. The van der Waals surface area contributed by atoms with Crippen LogP contribution in [0.2, 0.25) is 0 Å². The summed E-state index contributed by atoms with van der Waals surface area (Å²) in [6.07, 6.45) is 5.61. The Labute approximate surface area is 102 Å². The molecule has 4 nitrogen and oxygen atoms in total. The molecular weight excluding hydrogens is 216 g/mol. The third-order valence-electron chi connectivity index (χ3n) is 4.49. The molecule has 2 aliphatic carbocycles. The quantitative estimate of drug-likeness (QED) is 0.775. The van der Waals surface area contributed by atoms with Gasteiger partial charge in [0, 0.05) is 6.04 Å². The summed E-state index contributed by atoms with van der Waals surface area (Å²) in [5.74, 6) is 1.15. The van der Waals surface area contributed by atoms with Gasteiger partial charge in [-0.3, -0.25) is 9.59 Å². The molecule has 1 aliphatic heterocycles. The summed E-state index contributed by atoms with van der Waals surface area (Å²) in [5.41, 5.74) is 0. The van der Waals surface area contributed by atoms with Crippen LogP contribution in [-0.4, -0.2) is 35.3 Å². The average Bonchev–Trinajstić information content (AvgIpc) is 3.05. The Balaban J connectivity index is 1.77. The van der Waals surface area contributed by atoms with Crippen LogP contribution in [0.25, 0.3) is 0 Å². The Morgan fingerprint density at radius 1 is 1.18 bits per heavy atom. The minimum Gasteiger partial charge on any atom is -0.342 e. The molecule has 0 bridgehead atoms. The maximum absolute atomic E-state index is 12.4. The van der Waals surface area contributed by atoms with Crippen LogP contribution in [0.15, 0.2) is 0 Å². The van der Waals surface area contributed by atoms with Crippen LogP contribution < -0.4 is 5.32 Å². The first-order chi connectivity index (χ1) is 8.16. The van der Waals surface area contributed by atoms with Gasteiger partial charge in [-0.1, -0.05) is 13.3 Å². The maximum Gasteiger partial charge on any atom is 0.246 e. The number of amides is 2.